The van der Waals surface area contributed by atoms with Gasteiger partial charge in [0.25, 0.3) is 0 Å². The molecule has 0 spiro atoms. The summed E-state index contributed by atoms with van der Waals surface area (Å²) in [6.07, 6.45) is 1.19. The van der Waals surface area contributed by atoms with E-state index in [1.54, 1.807) is 22.7 Å². The lowest BCUT2D eigenvalue weighted by Crippen LogP contribution is -2.09. The van der Waals surface area contributed by atoms with Gasteiger partial charge in [0.1, 0.15) is 0 Å². The zero-order valence-corrected chi connectivity index (χ0v) is 10.4. The summed E-state index contributed by atoms with van der Waals surface area (Å²) in [5, 5.41) is 8.04. The van der Waals surface area contributed by atoms with Gasteiger partial charge in [0.15, 0.2) is 0 Å². The first kappa shape index (κ1) is 11.4. The molecule has 0 aliphatic carbocycles. The lowest BCUT2D eigenvalue weighted by molar-refractivity contribution is -0.142. The van der Waals surface area contributed by atoms with E-state index in [0.717, 1.165) is 12.0 Å². The maximum Gasteiger partial charge on any atom is 0.310 e. The third-order valence-electron chi connectivity index (χ3n) is 2.16. The van der Waals surface area contributed by atoms with Gasteiger partial charge >= 0.3 is 5.97 Å². The zero-order valence-electron chi connectivity index (χ0n) is 8.72. The molecule has 0 unspecified atom stereocenters. The van der Waals surface area contributed by atoms with Crippen LogP contribution in [0.25, 0.3) is 0 Å². The van der Waals surface area contributed by atoms with Crippen molar-refractivity contribution in [1.29, 1.82) is 0 Å². The molecule has 0 saturated heterocycles. The Labute approximate surface area is 103 Å². The van der Waals surface area contributed by atoms with Gasteiger partial charge in [0.05, 0.1) is 13.0 Å². The van der Waals surface area contributed by atoms with E-state index < -0.39 is 0 Å². The molecular weight excluding hydrogens is 240 g/mol. The van der Waals surface area contributed by atoms with Gasteiger partial charge in [-0.2, -0.15) is 22.7 Å². The summed E-state index contributed by atoms with van der Waals surface area (Å²) >= 11 is 3.26. The number of hydrogen-bond donors (Lipinski definition) is 0. The largest absolute Gasteiger partial charge is 0.465 e. The standard InChI is InChI=1S/C12H12O2S2/c13-12(7-11-3-6-16-9-11)14-4-1-10-2-5-15-8-10/h2-3,5-6,8-9H,1,4,7H2. The van der Waals surface area contributed by atoms with Gasteiger partial charge in [-0.25, -0.2) is 0 Å². The van der Waals surface area contributed by atoms with Crippen molar-refractivity contribution in [2.75, 3.05) is 6.61 Å². The van der Waals surface area contributed by atoms with Crippen molar-refractivity contribution in [3.05, 3.63) is 44.8 Å². The number of hydrogen-bond acceptors (Lipinski definition) is 4. The van der Waals surface area contributed by atoms with Crippen molar-refractivity contribution in [2.45, 2.75) is 12.8 Å². The number of ether oxygens (including phenoxy) is 1. The Balaban J connectivity index is 1.68. The van der Waals surface area contributed by atoms with Crippen molar-refractivity contribution in [3.63, 3.8) is 0 Å². The fourth-order valence-electron chi connectivity index (χ4n) is 1.33. The van der Waals surface area contributed by atoms with Gasteiger partial charge in [0.2, 0.25) is 0 Å². The van der Waals surface area contributed by atoms with Gasteiger partial charge in [-0.3, -0.25) is 4.79 Å². The molecule has 0 aliphatic rings. The van der Waals surface area contributed by atoms with Crippen LogP contribution in [0.3, 0.4) is 0 Å². The van der Waals surface area contributed by atoms with E-state index in [1.165, 1.54) is 5.56 Å². The van der Waals surface area contributed by atoms with Gasteiger partial charge in [-0.1, -0.05) is 0 Å². The van der Waals surface area contributed by atoms with Gasteiger partial charge in [0, 0.05) is 6.42 Å². The van der Waals surface area contributed by atoms with Crippen LogP contribution < -0.4 is 0 Å². The van der Waals surface area contributed by atoms with Gasteiger partial charge < -0.3 is 4.74 Å². The summed E-state index contributed by atoms with van der Waals surface area (Å²) in [7, 11) is 0. The molecule has 84 valence electrons. The van der Waals surface area contributed by atoms with E-state index in [4.69, 9.17) is 4.74 Å². The maximum atomic E-state index is 11.4. The van der Waals surface area contributed by atoms with E-state index in [2.05, 4.69) is 11.4 Å². The summed E-state index contributed by atoms with van der Waals surface area (Å²) in [5.74, 6) is -0.145. The van der Waals surface area contributed by atoms with Crippen molar-refractivity contribution in [2.24, 2.45) is 0 Å². The summed E-state index contributed by atoms with van der Waals surface area (Å²) in [5.41, 5.74) is 2.26. The molecule has 0 N–H and O–H groups in total. The summed E-state index contributed by atoms with van der Waals surface area (Å²) in [6, 6.07) is 4.00. The molecule has 0 fully saturated rings. The molecule has 0 saturated carbocycles. The first-order valence-electron chi connectivity index (χ1n) is 5.02. The highest BCUT2D eigenvalue weighted by Gasteiger charge is 2.05. The van der Waals surface area contributed by atoms with E-state index in [0.29, 0.717) is 13.0 Å². The Kier molecular flexibility index (Phi) is 4.13. The molecule has 0 radical (unpaired) electrons. The molecule has 0 atom stereocenters. The lowest BCUT2D eigenvalue weighted by Gasteiger charge is -2.02. The average molecular weight is 252 g/mol. The highest BCUT2D eigenvalue weighted by molar-refractivity contribution is 7.08. The van der Waals surface area contributed by atoms with Crippen LogP contribution in [-0.2, 0) is 22.4 Å². The Bertz CT molecular complexity index is 418. The molecule has 16 heavy (non-hydrogen) atoms. The van der Waals surface area contributed by atoms with E-state index in [1.807, 2.05) is 22.2 Å². The fourth-order valence-corrected chi connectivity index (χ4v) is 2.70. The number of esters is 1. The Morgan fingerprint density at radius 3 is 2.44 bits per heavy atom. The molecule has 0 aromatic carbocycles. The monoisotopic (exact) mass is 252 g/mol. The minimum atomic E-state index is -0.145. The predicted octanol–water partition coefficient (Wildman–Crippen LogP) is 3.14. The number of carbonyl (C=O) groups excluding carboxylic acids is 1. The quantitative estimate of drug-likeness (QED) is 0.764. The molecular formula is C12H12O2S2. The van der Waals surface area contributed by atoms with Crippen molar-refractivity contribution >= 4 is 28.6 Å². The second-order valence-electron chi connectivity index (χ2n) is 3.41. The Hall–Kier alpha value is -1.13. The van der Waals surface area contributed by atoms with Crippen LogP contribution in [0, 0.1) is 0 Å². The highest BCUT2D eigenvalue weighted by Crippen LogP contribution is 2.09. The summed E-state index contributed by atoms with van der Waals surface area (Å²) < 4.78 is 5.16. The van der Waals surface area contributed by atoms with Crippen molar-refractivity contribution < 1.29 is 9.53 Å². The highest BCUT2D eigenvalue weighted by atomic mass is 32.1. The fraction of sp³-hybridized carbons (Fsp3) is 0.250. The lowest BCUT2D eigenvalue weighted by atomic mass is 10.2. The van der Waals surface area contributed by atoms with Crippen LogP contribution in [0.2, 0.25) is 0 Å². The zero-order chi connectivity index (χ0) is 11.2. The summed E-state index contributed by atoms with van der Waals surface area (Å²) in [4.78, 5) is 11.4. The molecule has 0 aliphatic heterocycles. The number of carbonyl (C=O) groups is 1. The van der Waals surface area contributed by atoms with Crippen LogP contribution >= 0.6 is 22.7 Å². The third-order valence-corrected chi connectivity index (χ3v) is 3.63. The molecule has 2 aromatic rings. The van der Waals surface area contributed by atoms with Crippen molar-refractivity contribution in [1.82, 2.24) is 0 Å². The first-order valence-corrected chi connectivity index (χ1v) is 6.91. The van der Waals surface area contributed by atoms with E-state index in [9.17, 15) is 4.79 Å². The van der Waals surface area contributed by atoms with Crippen LogP contribution in [0.1, 0.15) is 11.1 Å². The van der Waals surface area contributed by atoms with Crippen LogP contribution in [0.15, 0.2) is 33.7 Å². The molecule has 0 bridgehead atoms. The normalized spacial score (nSPS) is 10.2. The van der Waals surface area contributed by atoms with Crippen LogP contribution in [-0.4, -0.2) is 12.6 Å². The Morgan fingerprint density at radius 1 is 1.12 bits per heavy atom. The SMILES string of the molecule is O=C(Cc1ccsc1)OCCc1ccsc1. The number of rotatable bonds is 5. The van der Waals surface area contributed by atoms with Crippen molar-refractivity contribution in [3.8, 4) is 0 Å². The van der Waals surface area contributed by atoms with Crippen LogP contribution in [0.5, 0.6) is 0 Å². The van der Waals surface area contributed by atoms with Gasteiger partial charge in [-0.15, -0.1) is 0 Å². The second-order valence-corrected chi connectivity index (χ2v) is 4.97. The average Bonchev–Trinajstić information content (AvgIpc) is 2.90. The summed E-state index contributed by atoms with van der Waals surface area (Å²) in [6.45, 7) is 0.472. The second kappa shape index (κ2) is 5.82. The molecule has 2 aromatic heterocycles. The molecule has 2 heterocycles. The maximum absolute atomic E-state index is 11.4. The predicted molar refractivity (Wildman–Crippen MR) is 67.0 cm³/mol. The van der Waals surface area contributed by atoms with E-state index >= 15 is 0 Å². The van der Waals surface area contributed by atoms with E-state index in [-0.39, 0.29) is 5.97 Å². The molecule has 2 rings (SSSR count). The smallest absolute Gasteiger partial charge is 0.310 e. The van der Waals surface area contributed by atoms with Crippen LogP contribution in [0.4, 0.5) is 0 Å². The molecule has 2 nitrogen and oxygen atoms in total. The minimum absolute atomic E-state index is 0.145. The minimum Gasteiger partial charge on any atom is -0.465 e. The molecule has 0 amide bonds. The Morgan fingerprint density at radius 2 is 1.81 bits per heavy atom. The first-order chi connectivity index (χ1) is 7.84. The van der Waals surface area contributed by atoms with Gasteiger partial charge in [-0.05, 0) is 44.8 Å². The number of thiophene rings is 2. The third kappa shape index (κ3) is 3.47. The molecule has 4 heteroatoms. The topological polar surface area (TPSA) is 26.3 Å².